The fraction of sp³-hybridized carbons (Fsp3) is 0.308. The van der Waals surface area contributed by atoms with Crippen LogP contribution in [0, 0.1) is 6.42 Å². The first-order chi connectivity index (χ1) is 7.68. The molecule has 3 nitrogen and oxygen atoms in total. The van der Waals surface area contributed by atoms with Crippen LogP contribution in [0.3, 0.4) is 0 Å². The molecule has 0 heterocycles. The van der Waals surface area contributed by atoms with Crippen LogP contribution in [0.1, 0.15) is 25.3 Å². The molecule has 0 saturated carbocycles. The molecule has 1 aromatic carbocycles. The highest BCUT2D eigenvalue weighted by Gasteiger charge is 2.05. The summed E-state index contributed by atoms with van der Waals surface area (Å²) in [5, 5.41) is 0. The van der Waals surface area contributed by atoms with Gasteiger partial charge in [0, 0.05) is 13.3 Å². The standard InChI is InChI=1S/C13H15O3/c1-11(14)16-13(15)10-6-5-9-12-7-3-2-4-8-12/h2-5,7-8H,6,9-10H2,1H3. The van der Waals surface area contributed by atoms with Gasteiger partial charge in [0.1, 0.15) is 0 Å². The van der Waals surface area contributed by atoms with E-state index >= 15 is 0 Å². The van der Waals surface area contributed by atoms with Gasteiger partial charge >= 0.3 is 11.9 Å². The highest BCUT2D eigenvalue weighted by molar-refractivity contribution is 5.84. The molecule has 0 spiro atoms. The number of ether oxygens (including phenoxy) is 1. The smallest absolute Gasteiger partial charge is 0.313 e. The van der Waals surface area contributed by atoms with Crippen LogP contribution in [0.5, 0.6) is 0 Å². The normalized spacial score (nSPS) is 9.81. The van der Waals surface area contributed by atoms with Gasteiger partial charge in [-0.3, -0.25) is 9.59 Å². The Morgan fingerprint density at radius 3 is 2.56 bits per heavy atom. The molecule has 0 N–H and O–H groups in total. The average Bonchev–Trinajstić information content (AvgIpc) is 2.25. The monoisotopic (exact) mass is 219 g/mol. The number of benzene rings is 1. The Morgan fingerprint density at radius 1 is 1.25 bits per heavy atom. The lowest BCUT2D eigenvalue weighted by Crippen LogP contribution is -2.08. The fourth-order valence-electron chi connectivity index (χ4n) is 1.31. The molecule has 0 aliphatic carbocycles. The third-order valence-corrected chi connectivity index (χ3v) is 2.03. The zero-order valence-corrected chi connectivity index (χ0v) is 9.31. The number of unbranched alkanes of at least 4 members (excludes halogenated alkanes) is 1. The van der Waals surface area contributed by atoms with E-state index in [1.807, 2.05) is 36.8 Å². The average molecular weight is 219 g/mol. The lowest BCUT2D eigenvalue weighted by molar-refractivity contribution is -0.157. The van der Waals surface area contributed by atoms with Crippen molar-refractivity contribution < 1.29 is 14.3 Å². The minimum atomic E-state index is -0.548. The van der Waals surface area contributed by atoms with Crippen molar-refractivity contribution in [1.29, 1.82) is 0 Å². The van der Waals surface area contributed by atoms with E-state index in [1.165, 1.54) is 12.5 Å². The molecule has 16 heavy (non-hydrogen) atoms. The van der Waals surface area contributed by atoms with Crippen molar-refractivity contribution in [3.63, 3.8) is 0 Å². The van der Waals surface area contributed by atoms with Gasteiger partial charge in [-0.25, -0.2) is 0 Å². The molecule has 1 aromatic rings. The van der Waals surface area contributed by atoms with E-state index in [-0.39, 0.29) is 6.42 Å². The second-order valence-electron chi connectivity index (χ2n) is 3.48. The van der Waals surface area contributed by atoms with Crippen LogP contribution in [-0.2, 0) is 20.7 Å². The van der Waals surface area contributed by atoms with Gasteiger partial charge in [-0.1, -0.05) is 30.3 Å². The Morgan fingerprint density at radius 2 is 1.94 bits per heavy atom. The second kappa shape index (κ2) is 6.77. The predicted molar refractivity (Wildman–Crippen MR) is 60.5 cm³/mol. The minimum Gasteiger partial charge on any atom is -0.393 e. The summed E-state index contributed by atoms with van der Waals surface area (Å²) < 4.78 is 4.40. The maximum absolute atomic E-state index is 11.0. The summed E-state index contributed by atoms with van der Waals surface area (Å²) in [6.07, 6.45) is 3.72. The van der Waals surface area contributed by atoms with Gasteiger partial charge in [-0.2, -0.15) is 0 Å². The van der Waals surface area contributed by atoms with Crippen molar-refractivity contribution in [3.8, 4) is 0 Å². The first-order valence-corrected chi connectivity index (χ1v) is 5.25. The molecule has 0 atom stereocenters. The molecule has 0 aliphatic heterocycles. The summed E-state index contributed by atoms with van der Waals surface area (Å²) in [5.41, 5.74) is 1.21. The van der Waals surface area contributed by atoms with Crippen molar-refractivity contribution in [2.45, 2.75) is 26.2 Å². The maximum Gasteiger partial charge on any atom is 0.313 e. The van der Waals surface area contributed by atoms with E-state index in [9.17, 15) is 9.59 Å². The molecule has 0 aliphatic rings. The van der Waals surface area contributed by atoms with Crippen LogP contribution in [0.25, 0.3) is 0 Å². The van der Waals surface area contributed by atoms with E-state index in [0.717, 1.165) is 6.42 Å². The Labute approximate surface area is 95.4 Å². The SMILES string of the molecule is CC(=O)OC(=O)CC[CH]Cc1ccccc1. The third kappa shape index (κ3) is 5.29. The number of carbonyl (C=O) groups excluding carboxylic acids is 2. The van der Waals surface area contributed by atoms with Crippen LogP contribution in [-0.4, -0.2) is 11.9 Å². The molecule has 0 unspecified atom stereocenters. The van der Waals surface area contributed by atoms with E-state index in [0.29, 0.717) is 6.42 Å². The summed E-state index contributed by atoms with van der Waals surface area (Å²) in [6.45, 7) is 1.23. The van der Waals surface area contributed by atoms with Crippen molar-refractivity contribution in [2.24, 2.45) is 0 Å². The first kappa shape index (κ1) is 12.4. The summed E-state index contributed by atoms with van der Waals surface area (Å²) in [5.74, 6) is -1.01. The van der Waals surface area contributed by atoms with Gasteiger partial charge in [-0.15, -0.1) is 0 Å². The Bertz CT molecular complexity index is 343. The van der Waals surface area contributed by atoms with Crippen LogP contribution in [0.2, 0.25) is 0 Å². The molecule has 0 aromatic heterocycles. The number of rotatable bonds is 5. The van der Waals surface area contributed by atoms with Crippen LogP contribution in [0.4, 0.5) is 0 Å². The third-order valence-electron chi connectivity index (χ3n) is 2.03. The molecule has 3 heteroatoms. The summed E-state index contributed by atoms with van der Waals surface area (Å²) in [4.78, 5) is 21.5. The summed E-state index contributed by atoms with van der Waals surface area (Å²) >= 11 is 0. The molecular formula is C13H15O3. The van der Waals surface area contributed by atoms with Crippen molar-refractivity contribution in [2.75, 3.05) is 0 Å². The lowest BCUT2D eigenvalue weighted by Gasteiger charge is -2.01. The Balaban J connectivity index is 2.13. The van der Waals surface area contributed by atoms with Gasteiger partial charge in [0.15, 0.2) is 0 Å². The van der Waals surface area contributed by atoms with E-state index in [1.54, 1.807) is 0 Å². The summed E-state index contributed by atoms with van der Waals surface area (Å²) in [7, 11) is 0. The number of esters is 2. The zero-order chi connectivity index (χ0) is 11.8. The largest absolute Gasteiger partial charge is 0.393 e. The lowest BCUT2D eigenvalue weighted by atomic mass is 10.1. The van der Waals surface area contributed by atoms with E-state index < -0.39 is 11.9 Å². The maximum atomic E-state index is 11.0. The van der Waals surface area contributed by atoms with Gasteiger partial charge in [-0.05, 0) is 24.8 Å². The first-order valence-electron chi connectivity index (χ1n) is 5.25. The second-order valence-corrected chi connectivity index (χ2v) is 3.48. The summed E-state index contributed by atoms with van der Waals surface area (Å²) in [6, 6.07) is 9.99. The molecule has 0 bridgehead atoms. The van der Waals surface area contributed by atoms with Crippen molar-refractivity contribution in [1.82, 2.24) is 0 Å². The van der Waals surface area contributed by atoms with Gasteiger partial charge in [0.2, 0.25) is 0 Å². The van der Waals surface area contributed by atoms with Crippen LogP contribution >= 0.6 is 0 Å². The quantitative estimate of drug-likeness (QED) is 0.433. The Hall–Kier alpha value is -1.64. The van der Waals surface area contributed by atoms with Gasteiger partial charge in [0.05, 0.1) is 0 Å². The highest BCUT2D eigenvalue weighted by Crippen LogP contribution is 2.05. The molecule has 0 amide bonds. The molecule has 1 rings (SSSR count). The molecule has 85 valence electrons. The molecule has 0 fully saturated rings. The fourth-order valence-corrected chi connectivity index (χ4v) is 1.31. The number of carbonyl (C=O) groups is 2. The topological polar surface area (TPSA) is 43.4 Å². The molecular weight excluding hydrogens is 204 g/mol. The predicted octanol–water partition coefficient (Wildman–Crippen LogP) is 2.30. The van der Waals surface area contributed by atoms with E-state index in [2.05, 4.69) is 4.74 Å². The van der Waals surface area contributed by atoms with Crippen molar-refractivity contribution in [3.05, 3.63) is 42.3 Å². The van der Waals surface area contributed by atoms with E-state index in [4.69, 9.17) is 0 Å². The minimum absolute atomic E-state index is 0.256. The molecule has 1 radical (unpaired) electrons. The Kier molecular flexibility index (Phi) is 5.26. The number of hydrogen-bond acceptors (Lipinski definition) is 3. The zero-order valence-electron chi connectivity index (χ0n) is 9.31. The van der Waals surface area contributed by atoms with Crippen molar-refractivity contribution >= 4 is 11.9 Å². The van der Waals surface area contributed by atoms with Crippen LogP contribution < -0.4 is 0 Å². The van der Waals surface area contributed by atoms with Gasteiger partial charge in [0.25, 0.3) is 0 Å². The van der Waals surface area contributed by atoms with Gasteiger partial charge < -0.3 is 4.74 Å². The highest BCUT2D eigenvalue weighted by atomic mass is 16.6. The number of hydrogen-bond donors (Lipinski definition) is 0. The van der Waals surface area contributed by atoms with Crippen LogP contribution in [0.15, 0.2) is 30.3 Å². The molecule has 0 saturated heterocycles.